The molecule has 0 aliphatic heterocycles. The predicted octanol–water partition coefficient (Wildman–Crippen LogP) is 3.00. The van der Waals surface area contributed by atoms with Gasteiger partial charge in [-0.15, -0.1) is 0 Å². The molecule has 4 atom stereocenters. The fraction of sp³-hybridized carbons (Fsp3) is 0.235. The van der Waals surface area contributed by atoms with E-state index in [1.165, 1.54) is 28.5 Å². The van der Waals surface area contributed by atoms with Crippen molar-refractivity contribution in [2.45, 2.75) is 17.3 Å². The summed E-state index contributed by atoms with van der Waals surface area (Å²) in [6, 6.07) is 17.0. The lowest BCUT2D eigenvalue weighted by Crippen LogP contribution is -2.28. The molecule has 1 saturated carbocycles. The van der Waals surface area contributed by atoms with Crippen LogP contribution in [0.5, 0.6) is 0 Å². The number of rotatable bonds is 1. The number of hydrogen-bond donors (Lipinski definition) is 0. The van der Waals surface area contributed by atoms with Crippen molar-refractivity contribution in [3.8, 4) is 0 Å². The van der Waals surface area contributed by atoms with Gasteiger partial charge in [-0.1, -0.05) is 48.5 Å². The van der Waals surface area contributed by atoms with Gasteiger partial charge in [-0.3, -0.25) is 0 Å². The van der Waals surface area contributed by atoms with E-state index < -0.39 is 0 Å². The molecule has 1 heteroatoms. The van der Waals surface area contributed by atoms with Crippen LogP contribution < -0.4 is 0 Å². The van der Waals surface area contributed by atoms with Gasteiger partial charge in [-0.2, -0.15) is 0 Å². The van der Waals surface area contributed by atoms with Crippen LogP contribution >= 0.6 is 0 Å². The standard InChI is InChI=1S/C17H12O/c18-9-17-12-7-3-1-5-10(12)14-15(16(14)17)11-6-2-4-8-13(11)17/h1-9,14-16H/t14-,15+,16?,17?. The van der Waals surface area contributed by atoms with Gasteiger partial charge < -0.3 is 4.79 Å². The Morgan fingerprint density at radius 1 is 0.833 bits per heavy atom. The van der Waals surface area contributed by atoms with Gasteiger partial charge >= 0.3 is 0 Å². The van der Waals surface area contributed by atoms with E-state index in [9.17, 15) is 4.79 Å². The normalized spacial score (nSPS) is 36.8. The molecule has 0 radical (unpaired) electrons. The molecule has 2 unspecified atom stereocenters. The summed E-state index contributed by atoms with van der Waals surface area (Å²) in [5, 5.41) is 0. The molecule has 18 heavy (non-hydrogen) atoms. The molecule has 2 aromatic rings. The number of hydrogen-bond acceptors (Lipinski definition) is 1. The summed E-state index contributed by atoms with van der Waals surface area (Å²) in [5.74, 6) is 1.70. The average Bonchev–Trinajstić information content (AvgIpc) is 3.03. The molecule has 5 rings (SSSR count). The highest BCUT2D eigenvalue weighted by atomic mass is 16.1. The van der Waals surface area contributed by atoms with Crippen LogP contribution in [0.2, 0.25) is 0 Å². The summed E-state index contributed by atoms with van der Waals surface area (Å²) in [6.45, 7) is 0. The van der Waals surface area contributed by atoms with Gasteiger partial charge in [-0.25, -0.2) is 0 Å². The summed E-state index contributed by atoms with van der Waals surface area (Å²) >= 11 is 0. The van der Waals surface area contributed by atoms with Gasteiger partial charge in [0.25, 0.3) is 0 Å². The van der Waals surface area contributed by atoms with Gasteiger partial charge in [0.15, 0.2) is 0 Å². The number of aldehydes is 1. The number of carbonyl (C=O) groups excluding carboxylic acids is 1. The number of fused-ring (bicyclic) bond motifs is 7. The van der Waals surface area contributed by atoms with Crippen LogP contribution in [0.15, 0.2) is 48.5 Å². The third-order valence-electron chi connectivity index (χ3n) is 5.26. The molecule has 0 heterocycles. The minimum Gasteiger partial charge on any atom is -0.302 e. The van der Waals surface area contributed by atoms with Crippen LogP contribution in [-0.4, -0.2) is 6.29 Å². The summed E-state index contributed by atoms with van der Waals surface area (Å²) < 4.78 is 0. The Labute approximate surface area is 105 Å². The quantitative estimate of drug-likeness (QED) is 0.691. The fourth-order valence-electron chi connectivity index (χ4n) is 4.69. The third kappa shape index (κ3) is 0.694. The lowest BCUT2D eigenvalue weighted by molar-refractivity contribution is -0.111. The van der Waals surface area contributed by atoms with E-state index in [-0.39, 0.29) is 5.41 Å². The minimum atomic E-state index is -0.331. The largest absolute Gasteiger partial charge is 0.302 e. The van der Waals surface area contributed by atoms with Crippen molar-refractivity contribution in [1.82, 2.24) is 0 Å². The summed E-state index contributed by atoms with van der Waals surface area (Å²) in [7, 11) is 0. The Bertz CT molecular complexity index is 647. The van der Waals surface area contributed by atoms with Gasteiger partial charge in [-0.05, 0) is 40.0 Å². The molecular formula is C17H12O. The Kier molecular flexibility index (Phi) is 1.31. The second kappa shape index (κ2) is 2.59. The first-order valence-electron chi connectivity index (χ1n) is 6.55. The van der Waals surface area contributed by atoms with Gasteiger partial charge in [0.2, 0.25) is 0 Å². The van der Waals surface area contributed by atoms with E-state index in [0.29, 0.717) is 17.8 Å². The third-order valence-corrected chi connectivity index (χ3v) is 5.26. The van der Waals surface area contributed by atoms with Crippen molar-refractivity contribution >= 4 is 6.29 Å². The molecule has 3 aliphatic rings. The van der Waals surface area contributed by atoms with Crippen molar-refractivity contribution in [3.05, 3.63) is 70.8 Å². The Hall–Kier alpha value is -1.89. The maximum atomic E-state index is 11.9. The zero-order valence-corrected chi connectivity index (χ0v) is 9.84. The van der Waals surface area contributed by atoms with Crippen molar-refractivity contribution in [1.29, 1.82) is 0 Å². The second-order valence-corrected chi connectivity index (χ2v) is 5.74. The van der Waals surface area contributed by atoms with E-state index in [1.807, 2.05) is 0 Å². The first-order chi connectivity index (χ1) is 8.89. The molecule has 0 bridgehead atoms. The lowest BCUT2D eigenvalue weighted by Gasteiger charge is -2.24. The van der Waals surface area contributed by atoms with Crippen LogP contribution in [0.1, 0.15) is 34.1 Å². The molecule has 86 valence electrons. The SMILES string of the molecule is O=CC12c3ccccc3[C@@H]3C1[C@@H]3c1ccccc12. The molecule has 0 aromatic heterocycles. The smallest absolute Gasteiger partial charge is 0.135 e. The van der Waals surface area contributed by atoms with Gasteiger partial charge in [0.1, 0.15) is 6.29 Å². The van der Waals surface area contributed by atoms with Crippen molar-refractivity contribution < 1.29 is 4.79 Å². The molecule has 3 aliphatic carbocycles. The zero-order valence-electron chi connectivity index (χ0n) is 9.84. The minimum absolute atomic E-state index is 0.331. The predicted molar refractivity (Wildman–Crippen MR) is 68.7 cm³/mol. The molecule has 0 N–H and O–H groups in total. The molecule has 0 amide bonds. The summed E-state index contributed by atoms with van der Waals surface area (Å²) in [5.41, 5.74) is 5.02. The van der Waals surface area contributed by atoms with Crippen molar-refractivity contribution in [2.75, 3.05) is 0 Å². The average molecular weight is 232 g/mol. The second-order valence-electron chi connectivity index (χ2n) is 5.74. The number of carbonyl (C=O) groups is 1. The van der Waals surface area contributed by atoms with Crippen LogP contribution in [0.3, 0.4) is 0 Å². The van der Waals surface area contributed by atoms with Crippen LogP contribution in [0, 0.1) is 5.92 Å². The number of benzene rings is 2. The van der Waals surface area contributed by atoms with E-state index >= 15 is 0 Å². The highest BCUT2D eigenvalue weighted by Gasteiger charge is 2.73. The van der Waals surface area contributed by atoms with E-state index in [1.54, 1.807) is 0 Å². The topological polar surface area (TPSA) is 17.1 Å². The van der Waals surface area contributed by atoms with Crippen LogP contribution in [-0.2, 0) is 10.2 Å². The Morgan fingerprint density at radius 2 is 1.33 bits per heavy atom. The van der Waals surface area contributed by atoms with Crippen molar-refractivity contribution in [2.24, 2.45) is 5.92 Å². The van der Waals surface area contributed by atoms with Gasteiger partial charge in [0.05, 0.1) is 5.41 Å². The maximum Gasteiger partial charge on any atom is 0.135 e. The first kappa shape index (κ1) is 9.09. The fourth-order valence-corrected chi connectivity index (χ4v) is 4.69. The molecule has 2 aromatic carbocycles. The molecule has 1 nitrogen and oxygen atoms in total. The maximum absolute atomic E-state index is 11.9. The first-order valence-corrected chi connectivity index (χ1v) is 6.55. The Balaban J connectivity index is 1.93. The molecule has 1 fully saturated rings. The van der Waals surface area contributed by atoms with E-state index in [2.05, 4.69) is 48.5 Å². The summed E-state index contributed by atoms with van der Waals surface area (Å²) in [6.07, 6.45) is 1.21. The Morgan fingerprint density at radius 3 is 1.83 bits per heavy atom. The van der Waals surface area contributed by atoms with Crippen molar-refractivity contribution in [3.63, 3.8) is 0 Å². The molecule has 0 spiro atoms. The molecule has 0 saturated heterocycles. The highest BCUT2D eigenvalue weighted by molar-refractivity contribution is 5.86. The summed E-state index contributed by atoms with van der Waals surface area (Å²) in [4.78, 5) is 11.9. The van der Waals surface area contributed by atoms with Crippen LogP contribution in [0.25, 0.3) is 0 Å². The van der Waals surface area contributed by atoms with Gasteiger partial charge in [0, 0.05) is 0 Å². The lowest BCUT2D eigenvalue weighted by atomic mass is 9.77. The zero-order chi connectivity index (χ0) is 11.9. The molecular weight excluding hydrogens is 220 g/mol. The highest BCUT2D eigenvalue weighted by Crippen LogP contribution is 2.79. The van der Waals surface area contributed by atoms with Crippen LogP contribution in [0.4, 0.5) is 0 Å². The van der Waals surface area contributed by atoms with E-state index in [4.69, 9.17) is 0 Å². The monoisotopic (exact) mass is 232 g/mol. The van der Waals surface area contributed by atoms with E-state index in [0.717, 1.165) is 0 Å².